The molecule has 2 aromatic rings. The predicted octanol–water partition coefficient (Wildman–Crippen LogP) is 2.93. The van der Waals surface area contributed by atoms with E-state index >= 15 is 0 Å². The number of pyridine rings is 1. The van der Waals surface area contributed by atoms with Crippen molar-refractivity contribution in [2.75, 3.05) is 5.84 Å². The van der Waals surface area contributed by atoms with Crippen molar-refractivity contribution in [1.29, 1.82) is 0 Å². The van der Waals surface area contributed by atoms with E-state index in [4.69, 9.17) is 10.6 Å². The lowest BCUT2D eigenvalue weighted by Gasteiger charge is -2.15. The lowest BCUT2D eigenvalue weighted by atomic mass is 9.99. The minimum absolute atomic E-state index is 0.000318. The van der Waals surface area contributed by atoms with Crippen LogP contribution in [0.1, 0.15) is 35.8 Å². The summed E-state index contributed by atoms with van der Waals surface area (Å²) in [6, 6.07) is 10.7. The van der Waals surface area contributed by atoms with Gasteiger partial charge in [0.15, 0.2) is 17.2 Å². The van der Waals surface area contributed by atoms with Crippen molar-refractivity contribution in [3.8, 4) is 5.75 Å². The highest BCUT2D eigenvalue weighted by atomic mass is 16.5. The van der Waals surface area contributed by atoms with Crippen molar-refractivity contribution in [3.63, 3.8) is 0 Å². The highest BCUT2D eigenvalue weighted by Gasteiger charge is 2.21. The van der Waals surface area contributed by atoms with Crippen LogP contribution in [0.3, 0.4) is 0 Å². The molecule has 1 aromatic heterocycles. The van der Waals surface area contributed by atoms with Crippen molar-refractivity contribution in [3.05, 3.63) is 76.7 Å². The summed E-state index contributed by atoms with van der Waals surface area (Å²) in [7, 11) is 0. The molecule has 24 heavy (non-hydrogen) atoms. The van der Waals surface area contributed by atoms with E-state index in [1.54, 1.807) is 6.08 Å². The van der Waals surface area contributed by atoms with Crippen LogP contribution in [0.5, 0.6) is 5.75 Å². The fraction of sp³-hybridized carbons (Fsp3) is 0.263. The van der Waals surface area contributed by atoms with E-state index in [2.05, 4.69) is 6.58 Å². The van der Waals surface area contributed by atoms with Gasteiger partial charge in [-0.2, -0.15) is 0 Å². The molecule has 5 nitrogen and oxygen atoms in total. The van der Waals surface area contributed by atoms with Crippen LogP contribution < -0.4 is 16.0 Å². The van der Waals surface area contributed by atoms with Crippen LogP contribution in [0.4, 0.5) is 0 Å². The van der Waals surface area contributed by atoms with E-state index in [1.165, 1.54) is 12.3 Å². The maximum absolute atomic E-state index is 12.6. The Hall–Kier alpha value is -2.82. The second kappa shape index (κ2) is 8.15. The molecule has 5 heteroatoms. The molecule has 0 spiro atoms. The van der Waals surface area contributed by atoms with Crippen LogP contribution in [-0.2, 0) is 6.61 Å². The fourth-order valence-corrected chi connectivity index (χ4v) is 2.45. The maximum atomic E-state index is 12.6. The van der Waals surface area contributed by atoms with E-state index in [-0.39, 0.29) is 41.6 Å². The first-order valence-corrected chi connectivity index (χ1v) is 7.84. The maximum Gasteiger partial charge on any atom is 0.224 e. The van der Waals surface area contributed by atoms with Gasteiger partial charge in [-0.15, -0.1) is 6.58 Å². The van der Waals surface area contributed by atoms with Crippen molar-refractivity contribution < 1.29 is 9.53 Å². The molecule has 1 unspecified atom stereocenters. The topological polar surface area (TPSA) is 74.3 Å². The molecule has 0 bridgehead atoms. The molecule has 0 amide bonds. The predicted molar refractivity (Wildman–Crippen MR) is 94.6 cm³/mol. The number of rotatable bonds is 8. The number of carbonyl (C=O) groups excluding carboxylic acids is 1. The normalized spacial score (nSPS) is 11.7. The molecule has 2 rings (SSSR count). The monoisotopic (exact) mass is 326 g/mol. The summed E-state index contributed by atoms with van der Waals surface area (Å²) in [6.45, 7) is 5.82. The number of ketones is 1. The standard InChI is InChI=1S/C19H22N2O3/c1-3-7-14(2)12-17(23)18-19(16(22)10-11-21(18)20)24-13-15-8-5-4-6-9-15/h3-6,8-11,14H,1,7,12-13,20H2,2H3. The Kier molecular flexibility index (Phi) is 5.95. The number of hydrogen-bond acceptors (Lipinski definition) is 4. The molecule has 2 N–H and O–H groups in total. The van der Waals surface area contributed by atoms with Gasteiger partial charge in [0, 0.05) is 18.7 Å². The molecule has 0 aliphatic heterocycles. The van der Waals surface area contributed by atoms with Gasteiger partial charge in [-0.05, 0) is 17.9 Å². The number of allylic oxidation sites excluding steroid dienone is 1. The second-order valence-electron chi connectivity index (χ2n) is 5.80. The smallest absolute Gasteiger partial charge is 0.224 e. The SMILES string of the molecule is C=CCC(C)CC(=O)c1c(OCc2ccccc2)c(=O)ccn1N. The Labute approximate surface area is 141 Å². The Balaban J connectivity index is 2.26. The van der Waals surface area contributed by atoms with Gasteiger partial charge in [-0.3, -0.25) is 14.3 Å². The number of nitrogens with zero attached hydrogens (tertiary/aromatic N) is 1. The lowest BCUT2D eigenvalue weighted by Crippen LogP contribution is -2.25. The molecular formula is C19H22N2O3. The van der Waals surface area contributed by atoms with Crippen LogP contribution in [0, 0.1) is 5.92 Å². The van der Waals surface area contributed by atoms with Crippen LogP contribution in [-0.4, -0.2) is 10.5 Å². The molecule has 0 radical (unpaired) electrons. The van der Waals surface area contributed by atoms with Gasteiger partial charge < -0.3 is 10.6 Å². The molecule has 0 fully saturated rings. The van der Waals surface area contributed by atoms with E-state index in [1.807, 2.05) is 37.3 Å². The number of ether oxygens (including phenoxy) is 1. The zero-order valence-corrected chi connectivity index (χ0v) is 13.8. The van der Waals surface area contributed by atoms with Crippen LogP contribution in [0.2, 0.25) is 0 Å². The van der Waals surface area contributed by atoms with Gasteiger partial charge in [0.25, 0.3) is 0 Å². The largest absolute Gasteiger partial charge is 0.483 e. The summed E-state index contributed by atoms with van der Waals surface area (Å²) < 4.78 is 6.80. The summed E-state index contributed by atoms with van der Waals surface area (Å²) in [5.74, 6) is 5.77. The summed E-state index contributed by atoms with van der Waals surface area (Å²) >= 11 is 0. The fourth-order valence-electron chi connectivity index (χ4n) is 2.45. The molecule has 126 valence electrons. The second-order valence-corrected chi connectivity index (χ2v) is 5.80. The van der Waals surface area contributed by atoms with Crippen molar-refractivity contribution in [2.24, 2.45) is 5.92 Å². The van der Waals surface area contributed by atoms with E-state index < -0.39 is 0 Å². The Bertz CT molecular complexity index is 766. The number of benzene rings is 1. The third kappa shape index (κ3) is 4.35. The zero-order chi connectivity index (χ0) is 17.5. The molecular weight excluding hydrogens is 304 g/mol. The minimum atomic E-state index is -0.354. The lowest BCUT2D eigenvalue weighted by molar-refractivity contribution is 0.0951. The first kappa shape index (κ1) is 17.5. The molecule has 0 saturated heterocycles. The first-order chi connectivity index (χ1) is 11.5. The van der Waals surface area contributed by atoms with Gasteiger partial charge >= 0.3 is 0 Å². The van der Waals surface area contributed by atoms with Crippen LogP contribution in [0.15, 0.2) is 60.0 Å². The van der Waals surface area contributed by atoms with E-state index in [9.17, 15) is 9.59 Å². The average Bonchev–Trinajstić information content (AvgIpc) is 2.56. The van der Waals surface area contributed by atoms with Gasteiger partial charge in [0.2, 0.25) is 5.43 Å². The molecule has 0 aliphatic carbocycles. The molecule has 1 aromatic carbocycles. The van der Waals surface area contributed by atoms with E-state index in [0.717, 1.165) is 10.2 Å². The number of aromatic nitrogens is 1. The van der Waals surface area contributed by atoms with Crippen LogP contribution >= 0.6 is 0 Å². The van der Waals surface area contributed by atoms with E-state index in [0.29, 0.717) is 6.42 Å². The summed E-state index contributed by atoms with van der Waals surface area (Å²) in [4.78, 5) is 24.7. The number of Topliss-reactive ketones (excluding diaryl/α,β-unsaturated/α-hetero) is 1. The third-order valence-corrected chi connectivity index (χ3v) is 3.68. The number of nitrogen functional groups attached to an aromatic ring is 1. The minimum Gasteiger partial charge on any atom is -0.483 e. The van der Waals surface area contributed by atoms with Crippen molar-refractivity contribution in [2.45, 2.75) is 26.4 Å². The highest BCUT2D eigenvalue weighted by Crippen LogP contribution is 2.19. The zero-order valence-electron chi connectivity index (χ0n) is 13.8. The summed E-state index contributed by atoms with van der Waals surface area (Å²) in [5.41, 5.74) is 0.657. The molecule has 1 atom stereocenters. The van der Waals surface area contributed by atoms with Crippen LogP contribution in [0.25, 0.3) is 0 Å². The van der Waals surface area contributed by atoms with Crippen molar-refractivity contribution in [1.82, 2.24) is 4.68 Å². The number of hydrogen-bond donors (Lipinski definition) is 1. The van der Waals surface area contributed by atoms with Gasteiger partial charge in [-0.25, -0.2) is 0 Å². The van der Waals surface area contributed by atoms with Crippen molar-refractivity contribution >= 4 is 5.78 Å². The number of carbonyl (C=O) groups is 1. The summed E-state index contributed by atoms with van der Waals surface area (Å²) in [6.07, 6.45) is 4.14. The van der Waals surface area contributed by atoms with Gasteiger partial charge in [0.05, 0.1) is 0 Å². The summed E-state index contributed by atoms with van der Waals surface area (Å²) in [5, 5.41) is 0. The average molecular weight is 326 g/mol. The van der Waals surface area contributed by atoms with Gasteiger partial charge in [-0.1, -0.05) is 43.3 Å². The third-order valence-electron chi connectivity index (χ3n) is 3.68. The number of nitrogens with two attached hydrogens (primary N) is 1. The molecule has 1 heterocycles. The van der Waals surface area contributed by atoms with Gasteiger partial charge in [0.1, 0.15) is 6.61 Å². The Morgan fingerprint density at radius 1 is 1.33 bits per heavy atom. The molecule has 0 saturated carbocycles. The highest BCUT2D eigenvalue weighted by molar-refractivity contribution is 5.97. The Morgan fingerprint density at radius 2 is 2.04 bits per heavy atom. The molecule has 0 aliphatic rings. The quantitative estimate of drug-likeness (QED) is 0.460. The Morgan fingerprint density at radius 3 is 2.71 bits per heavy atom. The first-order valence-electron chi connectivity index (χ1n) is 7.84.